The van der Waals surface area contributed by atoms with Gasteiger partial charge >= 0.3 is 0 Å². The monoisotopic (exact) mass is 189 g/mol. The largest absolute Gasteiger partial charge is 0.373 e. The van der Waals surface area contributed by atoms with Gasteiger partial charge in [0.25, 0.3) is 0 Å². The smallest absolute Gasteiger partial charge is 0.0678 e. The molecule has 0 saturated carbocycles. The summed E-state index contributed by atoms with van der Waals surface area (Å²) >= 11 is 0. The number of morpholine rings is 1. The zero-order valence-corrected chi connectivity index (χ0v) is 10.4. The molecule has 82 valence electrons. The Kier molecular flexibility index (Phi) is 11.8. The topological polar surface area (TPSA) is 12.5 Å². The summed E-state index contributed by atoms with van der Waals surface area (Å²) in [7, 11) is 2.13. The summed E-state index contributed by atoms with van der Waals surface area (Å²) in [6, 6.07) is 0. The number of likely N-dealkylation sites (N-methyl/N-ethyl adjacent to an activating group) is 1. The van der Waals surface area contributed by atoms with E-state index in [2.05, 4.69) is 25.8 Å². The van der Waals surface area contributed by atoms with Crippen LogP contribution in [0.5, 0.6) is 0 Å². The van der Waals surface area contributed by atoms with E-state index in [-0.39, 0.29) is 0 Å². The number of ether oxygens (including phenoxy) is 1. The molecule has 0 amide bonds. The average molecular weight is 189 g/mol. The number of rotatable bonds is 0. The molecule has 0 aliphatic carbocycles. The first-order valence-electron chi connectivity index (χ1n) is 5.52. The zero-order chi connectivity index (χ0) is 10.9. The van der Waals surface area contributed by atoms with Crippen LogP contribution in [0, 0.1) is 0 Å². The minimum Gasteiger partial charge on any atom is -0.373 e. The first-order valence-corrected chi connectivity index (χ1v) is 5.52. The Bertz CT molecular complexity index is 71.1. The third-order valence-electron chi connectivity index (χ3n) is 1.60. The highest BCUT2D eigenvalue weighted by Crippen LogP contribution is 2.07. The van der Waals surface area contributed by atoms with Crippen LogP contribution >= 0.6 is 0 Å². The second kappa shape index (κ2) is 10.0. The molecule has 1 fully saturated rings. The van der Waals surface area contributed by atoms with E-state index < -0.39 is 0 Å². The maximum absolute atomic E-state index is 5.51. The molecule has 2 atom stereocenters. The van der Waals surface area contributed by atoms with Crippen molar-refractivity contribution in [3.8, 4) is 0 Å². The van der Waals surface area contributed by atoms with Gasteiger partial charge in [-0.2, -0.15) is 0 Å². The first-order chi connectivity index (χ1) is 6.18. The fourth-order valence-corrected chi connectivity index (χ4v) is 1.44. The molecule has 1 heterocycles. The fourth-order valence-electron chi connectivity index (χ4n) is 1.44. The van der Waals surface area contributed by atoms with E-state index >= 15 is 0 Å². The Morgan fingerprint density at radius 1 is 0.923 bits per heavy atom. The zero-order valence-electron chi connectivity index (χ0n) is 10.4. The number of hydrogen-bond acceptors (Lipinski definition) is 2. The average Bonchev–Trinajstić information content (AvgIpc) is 2.09. The molecule has 0 bridgehead atoms. The number of nitrogens with zero attached hydrogens (tertiary/aromatic N) is 1. The van der Waals surface area contributed by atoms with Crippen LogP contribution in [-0.2, 0) is 4.74 Å². The van der Waals surface area contributed by atoms with Crippen LogP contribution in [0.2, 0.25) is 0 Å². The van der Waals surface area contributed by atoms with E-state index in [1.807, 2.05) is 27.7 Å². The summed E-state index contributed by atoms with van der Waals surface area (Å²) in [6.07, 6.45) is 0.831. The van der Waals surface area contributed by atoms with E-state index in [1.165, 1.54) is 0 Å². The lowest BCUT2D eigenvalue weighted by Crippen LogP contribution is -2.42. The summed E-state index contributed by atoms with van der Waals surface area (Å²) in [5.41, 5.74) is 0. The Labute approximate surface area is 84.3 Å². The molecular formula is C11H27NO. The molecule has 0 aromatic heterocycles. The molecule has 2 nitrogen and oxygen atoms in total. The van der Waals surface area contributed by atoms with Gasteiger partial charge in [-0.05, 0) is 20.9 Å². The van der Waals surface area contributed by atoms with Crippen LogP contribution in [0.25, 0.3) is 0 Å². The van der Waals surface area contributed by atoms with E-state index in [4.69, 9.17) is 4.74 Å². The molecule has 0 aromatic carbocycles. The lowest BCUT2D eigenvalue weighted by Gasteiger charge is -2.32. The quantitative estimate of drug-likeness (QED) is 0.581. The summed E-state index contributed by atoms with van der Waals surface area (Å²) < 4.78 is 5.51. The molecule has 2 heteroatoms. The predicted octanol–water partition coefficient (Wildman–Crippen LogP) is 2.78. The summed E-state index contributed by atoms with van der Waals surface area (Å²) in [5.74, 6) is 0. The Balaban J connectivity index is 0. The highest BCUT2D eigenvalue weighted by Gasteiger charge is 2.18. The molecule has 0 radical (unpaired) electrons. The van der Waals surface area contributed by atoms with Crippen molar-refractivity contribution in [2.24, 2.45) is 0 Å². The van der Waals surface area contributed by atoms with Crippen LogP contribution in [0.3, 0.4) is 0 Å². The van der Waals surface area contributed by atoms with E-state index in [9.17, 15) is 0 Å². The van der Waals surface area contributed by atoms with Gasteiger partial charge in [-0.1, -0.05) is 27.7 Å². The lowest BCUT2D eigenvalue weighted by atomic mass is 10.2. The van der Waals surface area contributed by atoms with Crippen LogP contribution in [0.1, 0.15) is 41.5 Å². The highest BCUT2D eigenvalue weighted by molar-refractivity contribution is 4.69. The van der Waals surface area contributed by atoms with Gasteiger partial charge in [0.1, 0.15) is 0 Å². The van der Waals surface area contributed by atoms with Gasteiger partial charge in [0, 0.05) is 13.1 Å². The SMILES string of the molecule is CC.CC.CC1CN(C)C[C@H](C)O1. The third kappa shape index (κ3) is 8.26. The Morgan fingerprint density at radius 3 is 1.46 bits per heavy atom. The molecule has 1 saturated heterocycles. The van der Waals surface area contributed by atoms with Crippen molar-refractivity contribution in [1.29, 1.82) is 0 Å². The standard InChI is InChI=1S/C7H15NO.2C2H6/c1-6-4-8(3)5-7(2)9-6;2*1-2/h6-7H,4-5H2,1-3H3;2*1-2H3/t6-,7?;;/m0../s1. The number of hydrogen-bond donors (Lipinski definition) is 0. The third-order valence-corrected chi connectivity index (χ3v) is 1.60. The molecular weight excluding hydrogens is 162 g/mol. The van der Waals surface area contributed by atoms with Crippen LogP contribution < -0.4 is 0 Å². The fraction of sp³-hybridized carbons (Fsp3) is 1.00. The van der Waals surface area contributed by atoms with Crippen LogP contribution in [-0.4, -0.2) is 37.2 Å². The summed E-state index contributed by atoms with van der Waals surface area (Å²) in [4.78, 5) is 2.30. The van der Waals surface area contributed by atoms with Crippen LogP contribution in [0.4, 0.5) is 0 Å². The van der Waals surface area contributed by atoms with E-state index in [0.717, 1.165) is 13.1 Å². The molecule has 1 rings (SSSR count). The van der Waals surface area contributed by atoms with Crippen molar-refractivity contribution >= 4 is 0 Å². The maximum atomic E-state index is 5.51. The van der Waals surface area contributed by atoms with Crippen molar-refractivity contribution in [3.05, 3.63) is 0 Å². The van der Waals surface area contributed by atoms with Gasteiger partial charge in [-0.15, -0.1) is 0 Å². The van der Waals surface area contributed by atoms with Gasteiger partial charge in [0.05, 0.1) is 12.2 Å². The Hall–Kier alpha value is -0.0800. The summed E-state index contributed by atoms with van der Waals surface area (Å²) in [5, 5.41) is 0. The molecule has 0 N–H and O–H groups in total. The molecule has 1 unspecified atom stereocenters. The molecule has 13 heavy (non-hydrogen) atoms. The molecule has 1 aliphatic rings. The van der Waals surface area contributed by atoms with Crippen molar-refractivity contribution < 1.29 is 4.74 Å². The van der Waals surface area contributed by atoms with Gasteiger partial charge in [0.2, 0.25) is 0 Å². The maximum Gasteiger partial charge on any atom is 0.0678 e. The Morgan fingerprint density at radius 2 is 1.23 bits per heavy atom. The van der Waals surface area contributed by atoms with Crippen molar-refractivity contribution in [2.75, 3.05) is 20.1 Å². The van der Waals surface area contributed by atoms with E-state index in [0.29, 0.717) is 12.2 Å². The van der Waals surface area contributed by atoms with Crippen molar-refractivity contribution in [1.82, 2.24) is 4.90 Å². The molecule has 0 spiro atoms. The van der Waals surface area contributed by atoms with Gasteiger partial charge < -0.3 is 9.64 Å². The molecule has 0 aromatic rings. The molecule has 1 aliphatic heterocycles. The minimum atomic E-state index is 0.416. The van der Waals surface area contributed by atoms with Gasteiger partial charge in [-0.25, -0.2) is 0 Å². The van der Waals surface area contributed by atoms with Crippen LogP contribution in [0.15, 0.2) is 0 Å². The summed E-state index contributed by atoms with van der Waals surface area (Å²) in [6.45, 7) is 14.4. The highest BCUT2D eigenvalue weighted by atomic mass is 16.5. The predicted molar refractivity (Wildman–Crippen MR) is 60.2 cm³/mol. The second-order valence-electron chi connectivity index (χ2n) is 2.98. The van der Waals surface area contributed by atoms with E-state index in [1.54, 1.807) is 0 Å². The van der Waals surface area contributed by atoms with Gasteiger partial charge in [0.15, 0.2) is 0 Å². The van der Waals surface area contributed by atoms with Crippen molar-refractivity contribution in [3.63, 3.8) is 0 Å². The second-order valence-corrected chi connectivity index (χ2v) is 2.98. The minimum absolute atomic E-state index is 0.416. The van der Waals surface area contributed by atoms with Crippen molar-refractivity contribution in [2.45, 2.75) is 53.8 Å². The first kappa shape index (κ1) is 15.4. The van der Waals surface area contributed by atoms with Gasteiger partial charge in [-0.3, -0.25) is 0 Å². The normalized spacial score (nSPS) is 27.9. The lowest BCUT2D eigenvalue weighted by molar-refractivity contribution is -0.0602.